The van der Waals surface area contributed by atoms with Crippen LogP contribution in [-0.4, -0.2) is 21.4 Å². The van der Waals surface area contributed by atoms with Crippen molar-refractivity contribution in [3.8, 4) is 11.3 Å². The zero-order chi connectivity index (χ0) is 22.4. The van der Waals surface area contributed by atoms with Gasteiger partial charge in [0.25, 0.3) is 0 Å². The Labute approximate surface area is 180 Å². The summed E-state index contributed by atoms with van der Waals surface area (Å²) in [5, 5.41) is 11.1. The number of allylic oxidation sites excluding steroid dienone is 2. The van der Waals surface area contributed by atoms with Crippen molar-refractivity contribution in [3.63, 3.8) is 0 Å². The molecule has 0 bridgehead atoms. The Balaban J connectivity index is 2.17. The minimum absolute atomic E-state index is 0.138. The fourth-order valence-corrected chi connectivity index (χ4v) is 3.21. The lowest BCUT2D eigenvalue weighted by Crippen LogP contribution is -2.36. The number of nitrogens with zero attached hydrogens (tertiary/aromatic N) is 2. The summed E-state index contributed by atoms with van der Waals surface area (Å²) in [6.45, 7) is 12.5. The Kier molecular flexibility index (Phi) is 8.08. The van der Waals surface area contributed by atoms with Gasteiger partial charge in [0.05, 0.1) is 11.9 Å². The Hall–Kier alpha value is -2.33. The topological polar surface area (TPSA) is 45.5 Å². The van der Waals surface area contributed by atoms with Gasteiger partial charge in [0.2, 0.25) is 0 Å². The van der Waals surface area contributed by atoms with Gasteiger partial charge in [0.1, 0.15) is 11.4 Å². The molecule has 1 aromatic carbocycles. The maximum Gasteiger partial charge on any atom is 0.141 e. The molecule has 4 heteroatoms. The van der Waals surface area contributed by atoms with Gasteiger partial charge in [-0.2, -0.15) is 0 Å². The molecule has 2 aromatic rings. The second-order valence-corrected chi connectivity index (χ2v) is 9.43. The first-order chi connectivity index (χ1) is 14.0. The van der Waals surface area contributed by atoms with Gasteiger partial charge in [0, 0.05) is 23.4 Å². The van der Waals surface area contributed by atoms with Crippen LogP contribution in [0.5, 0.6) is 0 Å². The lowest BCUT2D eigenvalue weighted by molar-refractivity contribution is 0.132. The van der Waals surface area contributed by atoms with E-state index in [2.05, 4.69) is 38.8 Å². The molecular weight excluding hydrogens is 375 g/mol. The fraction of sp³-hybridized carbons (Fsp3) is 0.462. The smallest absolute Gasteiger partial charge is 0.141 e. The van der Waals surface area contributed by atoms with Gasteiger partial charge in [-0.25, -0.2) is 4.39 Å². The number of aromatic nitrogens is 1. The van der Waals surface area contributed by atoms with Crippen LogP contribution in [0.4, 0.5) is 4.39 Å². The van der Waals surface area contributed by atoms with E-state index in [1.807, 2.05) is 38.1 Å². The molecule has 0 aliphatic carbocycles. The summed E-state index contributed by atoms with van der Waals surface area (Å²) in [5.74, 6) is -0.347. The number of unbranched alkanes of at least 4 members (excludes halogenated alkanes) is 1. The van der Waals surface area contributed by atoms with Gasteiger partial charge >= 0.3 is 0 Å². The van der Waals surface area contributed by atoms with Crippen molar-refractivity contribution in [2.24, 2.45) is 10.4 Å². The molecule has 0 saturated carbocycles. The van der Waals surface area contributed by atoms with Crippen molar-refractivity contribution in [2.45, 2.75) is 72.8 Å². The highest BCUT2D eigenvalue weighted by atomic mass is 19.1. The van der Waals surface area contributed by atoms with E-state index < -0.39 is 5.60 Å². The van der Waals surface area contributed by atoms with E-state index in [-0.39, 0.29) is 11.2 Å². The van der Waals surface area contributed by atoms with Crippen LogP contribution in [0.3, 0.4) is 0 Å². The summed E-state index contributed by atoms with van der Waals surface area (Å²) >= 11 is 0. The number of benzene rings is 1. The molecule has 0 aliphatic rings. The molecule has 30 heavy (non-hydrogen) atoms. The molecule has 1 unspecified atom stereocenters. The van der Waals surface area contributed by atoms with Crippen LogP contribution in [0.15, 0.2) is 59.4 Å². The second kappa shape index (κ2) is 10.1. The van der Waals surface area contributed by atoms with E-state index in [1.54, 1.807) is 6.07 Å². The van der Waals surface area contributed by atoms with Gasteiger partial charge in [-0.3, -0.25) is 9.98 Å². The number of hydrogen-bond acceptors (Lipinski definition) is 3. The van der Waals surface area contributed by atoms with Crippen molar-refractivity contribution in [1.29, 1.82) is 0 Å². The third-order valence-electron chi connectivity index (χ3n) is 5.00. The third-order valence-corrected chi connectivity index (χ3v) is 5.00. The highest BCUT2D eigenvalue weighted by molar-refractivity contribution is 5.91. The summed E-state index contributed by atoms with van der Waals surface area (Å²) in [6.07, 6.45) is 6.82. The molecular formula is C26H35FN2O. The molecule has 0 saturated heterocycles. The number of rotatable bonds is 8. The summed E-state index contributed by atoms with van der Waals surface area (Å²) < 4.78 is 13.1. The van der Waals surface area contributed by atoms with E-state index in [4.69, 9.17) is 4.99 Å². The molecule has 0 radical (unpaired) electrons. The quantitative estimate of drug-likeness (QED) is 0.489. The zero-order valence-electron chi connectivity index (χ0n) is 19.2. The Morgan fingerprint density at radius 3 is 2.30 bits per heavy atom. The maximum absolute atomic E-state index is 13.1. The second-order valence-electron chi connectivity index (χ2n) is 9.43. The molecule has 0 aliphatic heterocycles. The van der Waals surface area contributed by atoms with Crippen molar-refractivity contribution in [2.75, 3.05) is 0 Å². The number of pyridine rings is 1. The van der Waals surface area contributed by atoms with Crippen LogP contribution in [0.25, 0.3) is 11.3 Å². The average Bonchev–Trinajstić information content (AvgIpc) is 2.66. The summed E-state index contributed by atoms with van der Waals surface area (Å²) in [4.78, 5) is 8.94. The van der Waals surface area contributed by atoms with Gasteiger partial charge in [-0.05, 0) is 49.8 Å². The minimum Gasteiger partial charge on any atom is -0.384 e. The molecule has 1 aromatic heterocycles. The number of aliphatic hydroxyl groups is 1. The Bertz CT molecular complexity index is 873. The van der Waals surface area contributed by atoms with Crippen molar-refractivity contribution in [3.05, 3.63) is 65.7 Å². The Morgan fingerprint density at radius 1 is 1.10 bits per heavy atom. The average molecular weight is 411 g/mol. The van der Waals surface area contributed by atoms with Crippen LogP contribution in [0, 0.1) is 11.2 Å². The zero-order valence-corrected chi connectivity index (χ0v) is 19.2. The van der Waals surface area contributed by atoms with Crippen LogP contribution in [0.2, 0.25) is 0 Å². The highest BCUT2D eigenvalue weighted by Gasteiger charge is 2.25. The van der Waals surface area contributed by atoms with E-state index in [0.29, 0.717) is 6.42 Å². The van der Waals surface area contributed by atoms with Crippen molar-refractivity contribution >= 4 is 5.71 Å². The van der Waals surface area contributed by atoms with E-state index >= 15 is 0 Å². The van der Waals surface area contributed by atoms with Crippen LogP contribution in [-0.2, 0) is 6.42 Å². The summed E-state index contributed by atoms with van der Waals surface area (Å²) in [6, 6.07) is 10.9. The predicted octanol–water partition coefficient (Wildman–Crippen LogP) is 6.76. The van der Waals surface area contributed by atoms with E-state index in [9.17, 15) is 9.50 Å². The molecule has 162 valence electrons. The molecule has 1 N–H and O–H groups in total. The molecule has 3 nitrogen and oxygen atoms in total. The molecule has 1 atom stereocenters. The predicted molar refractivity (Wildman–Crippen MR) is 124 cm³/mol. The summed E-state index contributed by atoms with van der Waals surface area (Å²) in [7, 11) is 0. The molecule has 1 heterocycles. The van der Waals surface area contributed by atoms with E-state index in [1.165, 1.54) is 12.3 Å². The van der Waals surface area contributed by atoms with Crippen LogP contribution < -0.4 is 0 Å². The first-order valence-electron chi connectivity index (χ1n) is 10.7. The standard InChI is InChI=1S/C26H35FN2O/c1-7-8-9-23(17-25(3,4)5)29-19(2)26(6,30)16-20-10-12-21(13-11-20)24-15-14-22(27)18-28-24/h9-15,18,30H,7-8,16-17H2,1-6H3/b23-9-,29-19?. The summed E-state index contributed by atoms with van der Waals surface area (Å²) in [5.41, 5.74) is 3.51. The van der Waals surface area contributed by atoms with Crippen LogP contribution in [0.1, 0.15) is 66.4 Å². The first kappa shape index (κ1) is 23.9. The number of aliphatic imine (C=N–C) groups is 1. The highest BCUT2D eigenvalue weighted by Crippen LogP contribution is 2.27. The largest absolute Gasteiger partial charge is 0.384 e. The van der Waals surface area contributed by atoms with Gasteiger partial charge < -0.3 is 5.11 Å². The third kappa shape index (κ3) is 7.49. The number of halogens is 1. The molecule has 0 spiro atoms. The van der Waals surface area contributed by atoms with Gasteiger partial charge in [-0.1, -0.05) is 64.5 Å². The first-order valence-corrected chi connectivity index (χ1v) is 10.7. The SMILES string of the molecule is CCC/C=C(/CC(C)(C)C)N=C(C)C(C)(O)Cc1ccc(-c2ccc(F)cn2)cc1. The minimum atomic E-state index is -1.04. The lowest BCUT2D eigenvalue weighted by Gasteiger charge is -2.25. The monoisotopic (exact) mass is 410 g/mol. The maximum atomic E-state index is 13.1. The fourth-order valence-electron chi connectivity index (χ4n) is 3.21. The molecule has 0 fully saturated rings. The number of hydrogen-bond donors (Lipinski definition) is 1. The van der Waals surface area contributed by atoms with Crippen LogP contribution >= 0.6 is 0 Å². The Morgan fingerprint density at radius 2 is 1.77 bits per heavy atom. The van der Waals surface area contributed by atoms with Gasteiger partial charge in [0.15, 0.2) is 0 Å². The van der Waals surface area contributed by atoms with E-state index in [0.717, 1.165) is 47.5 Å². The lowest BCUT2D eigenvalue weighted by atomic mass is 9.89. The molecule has 0 amide bonds. The van der Waals surface area contributed by atoms with Gasteiger partial charge in [-0.15, -0.1) is 0 Å². The van der Waals surface area contributed by atoms with Crippen molar-refractivity contribution in [1.82, 2.24) is 4.98 Å². The van der Waals surface area contributed by atoms with Crippen molar-refractivity contribution < 1.29 is 9.50 Å². The molecule has 2 rings (SSSR count). The normalized spacial score (nSPS) is 15.2.